The van der Waals surface area contributed by atoms with Gasteiger partial charge in [0.2, 0.25) is 5.91 Å². The highest BCUT2D eigenvalue weighted by molar-refractivity contribution is 5.93. The lowest BCUT2D eigenvalue weighted by Crippen LogP contribution is -2.27. The summed E-state index contributed by atoms with van der Waals surface area (Å²) in [5, 5.41) is 3.11. The fourth-order valence-corrected chi connectivity index (χ4v) is 4.15. The maximum Gasteiger partial charge on any atom is 0.227 e. The molecule has 2 aliphatic carbocycles. The van der Waals surface area contributed by atoms with E-state index in [0.717, 1.165) is 31.1 Å². The van der Waals surface area contributed by atoms with Crippen molar-refractivity contribution in [3.8, 4) is 0 Å². The molecule has 1 N–H and O–H groups in total. The van der Waals surface area contributed by atoms with Crippen LogP contribution in [0.1, 0.15) is 39.5 Å². The second-order valence-electron chi connectivity index (χ2n) is 6.49. The van der Waals surface area contributed by atoms with Gasteiger partial charge in [-0.15, -0.1) is 0 Å². The number of carbonyl (C=O) groups is 1. The maximum absolute atomic E-state index is 12.4. The number of nitrogens with one attached hydrogen (secondary N) is 1. The summed E-state index contributed by atoms with van der Waals surface area (Å²) < 4.78 is 0. The predicted molar refractivity (Wildman–Crippen MR) is 87.6 cm³/mol. The molecule has 0 saturated heterocycles. The third-order valence-corrected chi connectivity index (χ3v) is 5.34. The van der Waals surface area contributed by atoms with E-state index in [0.29, 0.717) is 5.92 Å². The predicted octanol–water partition coefficient (Wildman–Crippen LogP) is 3.91. The molecule has 0 spiro atoms. The van der Waals surface area contributed by atoms with Crippen LogP contribution in [0.25, 0.3) is 0 Å². The Labute approximate surface area is 127 Å². The lowest BCUT2D eigenvalue weighted by molar-refractivity contribution is -0.121. The average Bonchev–Trinajstić information content (AvgIpc) is 3.13. The molecule has 2 fully saturated rings. The second kappa shape index (κ2) is 6.08. The van der Waals surface area contributed by atoms with Gasteiger partial charge in [-0.2, -0.15) is 0 Å². The standard InChI is InChI=1S/C18H26N2O/c1-3-20(4-2)16-9-7-15(8-10-16)19-18(21)17-12-13-5-6-14(17)11-13/h7-10,13-14,17H,3-6,11-12H2,1-2H3,(H,19,21)/t13-,14-,17+/m0/s1. The fourth-order valence-electron chi connectivity index (χ4n) is 4.15. The lowest BCUT2D eigenvalue weighted by atomic mass is 9.88. The average molecular weight is 286 g/mol. The van der Waals surface area contributed by atoms with Crippen molar-refractivity contribution in [3.05, 3.63) is 24.3 Å². The van der Waals surface area contributed by atoms with Gasteiger partial charge in [0, 0.05) is 30.4 Å². The van der Waals surface area contributed by atoms with E-state index >= 15 is 0 Å². The Morgan fingerprint density at radius 3 is 2.38 bits per heavy atom. The van der Waals surface area contributed by atoms with Gasteiger partial charge in [0.25, 0.3) is 0 Å². The molecule has 1 amide bonds. The summed E-state index contributed by atoms with van der Waals surface area (Å²) in [6.45, 7) is 6.34. The second-order valence-corrected chi connectivity index (χ2v) is 6.49. The largest absolute Gasteiger partial charge is 0.372 e. The van der Waals surface area contributed by atoms with Gasteiger partial charge in [0.15, 0.2) is 0 Å². The molecule has 0 aromatic heterocycles. The van der Waals surface area contributed by atoms with Crippen LogP contribution in [0.3, 0.4) is 0 Å². The molecular formula is C18H26N2O. The minimum absolute atomic E-state index is 0.234. The zero-order valence-electron chi connectivity index (χ0n) is 13.1. The van der Waals surface area contributed by atoms with Crippen molar-refractivity contribution >= 4 is 17.3 Å². The van der Waals surface area contributed by atoms with Crippen molar-refractivity contribution in [2.24, 2.45) is 17.8 Å². The Hall–Kier alpha value is -1.51. The van der Waals surface area contributed by atoms with Crippen LogP contribution in [-0.4, -0.2) is 19.0 Å². The molecule has 3 atom stereocenters. The van der Waals surface area contributed by atoms with E-state index in [-0.39, 0.29) is 11.8 Å². The summed E-state index contributed by atoms with van der Waals surface area (Å²) in [4.78, 5) is 14.7. The van der Waals surface area contributed by atoms with Gasteiger partial charge in [-0.25, -0.2) is 0 Å². The summed E-state index contributed by atoms with van der Waals surface area (Å²) >= 11 is 0. The highest BCUT2D eigenvalue weighted by Gasteiger charge is 2.42. The van der Waals surface area contributed by atoms with E-state index in [1.165, 1.54) is 24.9 Å². The van der Waals surface area contributed by atoms with Gasteiger partial charge in [-0.3, -0.25) is 4.79 Å². The van der Waals surface area contributed by atoms with Crippen LogP contribution < -0.4 is 10.2 Å². The minimum atomic E-state index is 0.234. The Bertz CT molecular complexity index is 492. The normalized spacial score (nSPS) is 26.9. The monoisotopic (exact) mass is 286 g/mol. The SMILES string of the molecule is CCN(CC)c1ccc(NC(=O)[C@@H]2C[C@H]3CC[C@H]2C3)cc1. The molecule has 21 heavy (non-hydrogen) atoms. The maximum atomic E-state index is 12.4. The summed E-state index contributed by atoms with van der Waals surface area (Å²) in [7, 11) is 0. The minimum Gasteiger partial charge on any atom is -0.372 e. The third kappa shape index (κ3) is 2.92. The van der Waals surface area contributed by atoms with Crippen LogP contribution in [0.4, 0.5) is 11.4 Å². The number of benzene rings is 1. The summed E-state index contributed by atoms with van der Waals surface area (Å²) in [6, 6.07) is 8.25. The van der Waals surface area contributed by atoms with Crippen molar-refractivity contribution in [2.45, 2.75) is 39.5 Å². The number of hydrogen-bond acceptors (Lipinski definition) is 2. The van der Waals surface area contributed by atoms with Crippen LogP contribution in [0.2, 0.25) is 0 Å². The third-order valence-electron chi connectivity index (χ3n) is 5.34. The number of carbonyl (C=O) groups excluding carboxylic acids is 1. The van der Waals surface area contributed by atoms with Gasteiger partial charge in [-0.05, 0) is 69.2 Å². The molecule has 2 bridgehead atoms. The van der Waals surface area contributed by atoms with Crippen LogP contribution in [0.15, 0.2) is 24.3 Å². The first-order valence-corrected chi connectivity index (χ1v) is 8.37. The van der Waals surface area contributed by atoms with E-state index in [1.54, 1.807) is 0 Å². The molecular weight excluding hydrogens is 260 g/mol. The van der Waals surface area contributed by atoms with Gasteiger partial charge in [0.1, 0.15) is 0 Å². The first kappa shape index (κ1) is 14.4. The highest BCUT2D eigenvalue weighted by atomic mass is 16.1. The van der Waals surface area contributed by atoms with E-state index in [9.17, 15) is 4.79 Å². The summed E-state index contributed by atoms with van der Waals surface area (Å²) in [5.41, 5.74) is 2.15. The number of hydrogen-bond donors (Lipinski definition) is 1. The van der Waals surface area contributed by atoms with Crippen LogP contribution in [0.5, 0.6) is 0 Å². The topological polar surface area (TPSA) is 32.3 Å². The number of rotatable bonds is 5. The molecule has 3 nitrogen and oxygen atoms in total. The quantitative estimate of drug-likeness (QED) is 0.890. The van der Waals surface area contributed by atoms with E-state index in [1.807, 2.05) is 12.1 Å². The van der Waals surface area contributed by atoms with E-state index in [4.69, 9.17) is 0 Å². The first-order chi connectivity index (χ1) is 10.2. The summed E-state index contributed by atoms with van der Waals surface area (Å²) in [6.07, 6.45) is 4.98. The molecule has 0 aliphatic heterocycles. The molecule has 2 aliphatic rings. The Kier molecular flexibility index (Phi) is 4.18. The van der Waals surface area contributed by atoms with Crippen molar-refractivity contribution in [3.63, 3.8) is 0 Å². The van der Waals surface area contributed by atoms with Crippen molar-refractivity contribution in [2.75, 3.05) is 23.3 Å². The van der Waals surface area contributed by atoms with E-state index in [2.05, 4.69) is 36.2 Å². The summed E-state index contributed by atoms with van der Waals surface area (Å²) in [5.74, 6) is 1.95. The lowest BCUT2D eigenvalue weighted by Gasteiger charge is -2.22. The first-order valence-electron chi connectivity index (χ1n) is 8.37. The van der Waals surface area contributed by atoms with Crippen molar-refractivity contribution in [1.82, 2.24) is 0 Å². The number of nitrogens with zero attached hydrogens (tertiary/aromatic N) is 1. The Balaban J connectivity index is 1.61. The zero-order valence-corrected chi connectivity index (χ0v) is 13.1. The van der Waals surface area contributed by atoms with Gasteiger partial charge in [-0.1, -0.05) is 6.42 Å². The molecule has 0 unspecified atom stereocenters. The van der Waals surface area contributed by atoms with Crippen molar-refractivity contribution < 1.29 is 4.79 Å². The van der Waals surface area contributed by atoms with Gasteiger partial charge in [0.05, 0.1) is 0 Å². The molecule has 1 aromatic carbocycles. The van der Waals surface area contributed by atoms with Gasteiger partial charge >= 0.3 is 0 Å². The van der Waals surface area contributed by atoms with Crippen molar-refractivity contribution in [1.29, 1.82) is 0 Å². The molecule has 0 heterocycles. The smallest absolute Gasteiger partial charge is 0.227 e. The van der Waals surface area contributed by atoms with Crippen LogP contribution in [-0.2, 0) is 4.79 Å². The fraction of sp³-hybridized carbons (Fsp3) is 0.611. The molecule has 2 saturated carbocycles. The molecule has 3 heteroatoms. The number of anilines is 2. The van der Waals surface area contributed by atoms with Crippen LogP contribution >= 0.6 is 0 Å². The number of amides is 1. The molecule has 114 valence electrons. The Morgan fingerprint density at radius 1 is 1.14 bits per heavy atom. The number of fused-ring (bicyclic) bond motifs is 2. The molecule has 0 radical (unpaired) electrons. The van der Waals surface area contributed by atoms with E-state index < -0.39 is 0 Å². The Morgan fingerprint density at radius 2 is 1.86 bits per heavy atom. The zero-order chi connectivity index (χ0) is 14.8. The highest BCUT2D eigenvalue weighted by Crippen LogP contribution is 2.48. The van der Waals surface area contributed by atoms with Crippen LogP contribution in [0, 0.1) is 17.8 Å². The molecule has 1 aromatic rings. The molecule has 3 rings (SSSR count). The van der Waals surface area contributed by atoms with Gasteiger partial charge < -0.3 is 10.2 Å².